The maximum atomic E-state index is 12.8. The summed E-state index contributed by atoms with van der Waals surface area (Å²) < 4.78 is 30.7. The second-order valence-corrected chi connectivity index (χ2v) is 8.95. The van der Waals surface area contributed by atoms with E-state index in [2.05, 4.69) is 16.7 Å². The second kappa shape index (κ2) is 6.48. The number of nitrogens with zero attached hydrogens (tertiary/aromatic N) is 1. The molecule has 1 amide bonds. The van der Waals surface area contributed by atoms with E-state index in [0.29, 0.717) is 18.6 Å². The lowest BCUT2D eigenvalue weighted by molar-refractivity contribution is -0.123. The van der Waals surface area contributed by atoms with Crippen LogP contribution in [0.5, 0.6) is 5.75 Å². The summed E-state index contributed by atoms with van der Waals surface area (Å²) in [6.45, 7) is 0.155. The molecule has 3 rings (SSSR count). The van der Waals surface area contributed by atoms with E-state index in [1.54, 1.807) is 0 Å². The Kier molecular flexibility index (Phi) is 4.66. The molecule has 2 unspecified atom stereocenters. The fourth-order valence-electron chi connectivity index (χ4n) is 2.87. The van der Waals surface area contributed by atoms with Gasteiger partial charge in [-0.25, -0.2) is 8.42 Å². The van der Waals surface area contributed by atoms with E-state index in [4.69, 9.17) is 21.6 Å². The highest BCUT2D eigenvalue weighted by molar-refractivity contribution is 7.92. The van der Waals surface area contributed by atoms with Crippen molar-refractivity contribution in [2.45, 2.75) is 41.0 Å². The topological polar surface area (TPSA) is 108 Å². The lowest BCUT2D eigenvalue weighted by atomic mass is 10.2. The summed E-state index contributed by atoms with van der Waals surface area (Å²) in [6, 6.07) is 5.85. The molecule has 2 atom stereocenters. The lowest BCUT2D eigenvalue weighted by Crippen LogP contribution is -2.45. The second-order valence-electron chi connectivity index (χ2n) is 6.34. The van der Waals surface area contributed by atoms with Crippen molar-refractivity contribution in [3.63, 3.8) is 0 Å². The van der Waals surface area contributed by atoms with Crippen LogP contribution in [0, 0.1) is 11.3 Å². The van der Waals surface area contributed by atoms with Gasteiger partial charge in [0.25, 0.3) is 0 Å². The van der Waals surface area contributed by atoms with E-state index in [1.807, 2.05) is 0 Å². The van der Waals surface area contributed by atoms with Gasteiger partial charge in [0.2, 0.25) is 5.91 Å². The molecule has 2 N–H and O–H groups in total. The Morgan fingerprint density at radius 3 is 2.76 bits per heavy atom. The van der Waals surface area contributed by atoms with Gasteiger partial charge in [0.15, 0.2) is 9.84 Å². The van der Waals surface area contributed by atoms with Crippen molar-refractivity contribution in [2.75, 3.05) is 13.7 Å². The van der Waals surface area contributed by atoms with E-state index in [1.165, 1.54) is 25.3 Å². The van der Waals surface area contributed by atoms with Gasteiger partial charge < -0.3 is 15.4 Å². The van der Waals surface area contributed by atoms with Gasteiger partial charge >= 0.3 is 0 Å². The largest absolute Gasteiger partial charge is 0.497 e. The van der Waals surface area contributed by atoms with E-state index < -0.39 is 26.7 Å². The minimum atomic E-state index is -3.69. The van der Waals surface area contributed by atoms with Crippen molar-refractivity contribution >= 4 is 27.3 Å². The molecule has 0 aromatic heterocycles. The first-order valence-electron chi connectivity index (χ1n) is 7.85. The molecule has 1 aromatic carbocycles. The number of hydrogen-bond donors (Lipinski definition) is 2. The summed E-state index contributed by atoms with van der Waals surface area (Å²) in [5.74, 6) is 0.134. The molecule has 2 aliphatic rings. The van der Waals surface area contributed by atoms with Gasteiger partial charge in [0.1, 0.15) is 11.3 Å². The number of methoxy groups -OCH3 is 1. The van der Waals surface area contributed by atoms with E-state index in [0.717, 1.165) is 0 Å². The fourth-order valence-corrected chi connectivity index (χ4v) is 5.07. The van der Waals surface area contributed by atoms with Gasteiger partial charge in [-0.1, -0.05) is 11.6 Å². The Bertz CT molecular complexity index is 845. The zero-order valence-electron chi connectivity index (χ0n) is 13.6. The predicted octanol–water partition coefficient (Wildman–Crippen LogP) is 1.03. The third-order valence-electron chi connectivity index (χ3n) is 4.62. The average Bonchev–Trinajstić information content (AvgIpc) is 3.17. The number of nitrogens with one attached hydrogen (secondary N) is 2. The Labute approximate surface area is 151 Å². The molecule has 0 bridgehead atoms. The fraction of sp³-hybridized carbons (Fsp3) is 0.500. The van der Waals surface area contributed by atoms with Crippen LogP contribution in [0.4, 0.5) is 0 Å². The van der Waals surface area contributed by atoms with Crippen molar-refractivity contribution in [1.29, 1.82) is 5.26 Å². The number of ether oxygens (including phenoxy) is 1. The summed E-state index contributed by atoms with van der Waals surface area (Å²) in [5, 5.41) is 14.0. The summed E-state index contributed by atoms with van der Waals surface area (Å²) in [5.41, 5.74) is -0.769. The quantitative estimate of drug-likeness (QED) is 0.786. The highest BCUT2D eigenvalue weighted by Crippen LogP contribution is 2.35. The highest BCUT2D eigenvalue weighted by atomic mass is 35.5. The SMILES string of the molecule is COc1ccc(S(=O)(=O)C2CNC(C(=O)NC3(C#N)CC3)C2)c(Cl)c1. The van der Waals surface area contributed by atoms with Crippen LogP contribution in [-0.4, -0.2) is 44.8 Å². The molecule has 1 saturated carbocycles. The summed E-state index contributed by atoms with van der Waals surface area (Å²) in [4.78, 5) is 12.3. The number of sulfone groups is 1. The molecule has 0 spiro atoms. The van der Waals surface area contributed by atoms with Crippen molar-refractivity contribution in [2.24, 2.45) is 0 Å². The smallest absolute Gasteiger partial charge is 0.238 e. The number of nitriles is 1. The van der Waals surface area contributed by atoms with Gasteiger partial charge in [0, 0.05) is 12.6 Å². The van der Waals surface area contributed by atoms with Gasteiger partial charge in [-0.3, -0.25) is 4.79 Å². The number of carbonyl (C=O) groups is 1. The van der Waals surface area contributed by atoms with Crippen LogP contribution in [0.15, 0.2) is 23.1 Å². The van der Waals surface area contributed by atoms with Crippen LogP contribution in [0.25, 0.3) is 0 Å². The lowest BCUT2D eigenvalue weighted by Gasteiger charge is -2.15. The molecule has 25 heavy (non-hydrogen) atoms. The van der Waals surface area contributed by atoms with Crippen molar-refractivity contribution in [1.82, 2.24) is 10.6 Å². The Morgan fingerprint density at radius 2 is 2.20 bits per heavy atom. The molecule has 1 heterocycles. The Morgan fingerprint density at radius 1 is 1.48 bits per heavy atom. The number of amides is 1. The van der Waals surface area contributed by atoms with E-state index in [9.17, 15) is 13.2 Å². The van der Waals surface area contributed by atoms with Crippen LogP contribution in [0.1, 0.15) is 19.3 Å². The minimum absolute atomic E-state index is 0.0264. The van der Waals surface area contributed by atoms with Gasteiger partial charge in [-0.05, 0) is 31.4 Å². The number of benzene rings is 1. The standard InChI is InChI=1S/C16H18ClN3O4S/c1-24-10-2-3-14(12(17)6-10)25(22,23)11-7-13(19-8-11)15(21)20-16(9-18)4-5-16/h2-3,6,11,13,19H,4-5,7-8H2,1H3,(H,20,21). The summed E-state index contributed by atoms with van der Waals surface area (Å²) in [6.07, 6.45) is 1.40. The number of hydrogen-bond acceptors (Lipinski definition) is 6. The van der Waals surface area contributed by atoms with Gasteiger partial charge in [0.05, 0.1) is 34.4 Å². The molecule has 1 aliphatic carbocycles. The Hall–Kier alpha value is -1.82. The first kappa shape index (κ1) is 18.0. The first-order valence-corrected chi connectivity index (χ1v) is 9.78. The molecular formula is C16H18ClN3O4S. The van der Waals surface area contributed by atoms with Crippen molar-refractivity contribution in [3.8, 4) is 11.8 Å². The van der Waals surface area contributed by atoms with Crippen LogP contribution in [-0.2, 0) is 14.6 Å². The average molecular weight is 384 g/mol. The van der Waals surface area contributed by atoms with Crippen LogP contribution in [0.2, 0.25) is 5.02 Å². The third kappa shape index (κ3) is 3.45. The monoisotopic (exact) mass is 383 g/mol. The maximum Gasteiger partial charge on any atom is 0.238 e. The van der Waals surface area contributed by atoms with Gasteiger partial charge in [-0.15, -0.1) is 0 Å². The van der Waals surface area contributed by atoms with Crippen molar-refractivity contribution in [3.05, 3.63) is 23.2 Å². The Balaban J connectivity index is 1.72. The zero-order valence-corrected chi connectivity index (χ0v) is 15.2. The summed E-state index contributed by atoms with van der Waals surface area (Å²) in [7, 11) is -2.22. The molecule has 1 aromatic rings. The molecule has 9 heteroatoms. The van der Waals surface area contributed by atoms with Crippen LogP contribution < -0.4 is 15.4 Å². The third-order valence-corrected chi connectivity index (χ3v) is 7.25. The van der Waals surface area contributed by atoms with Crippen molar-refractivity contribution < 1.29 is 17.9 Å². The van der Waals surface area contributed by atoms with E-state index >= 15 is 0 Å². The number of carbonyl (C=O) groups excluding carboxylic acids is 1. The maximum absolute atomic E-state index is 12.8. The summed E-state index contributed by atoms with van der Waals surface area (Å²) >= 11 is 6.09. The van der Waals surface area contributed by atoms with Crippen LogP contribution in [0.3, 0.4) is 0 Å². The molecule has 1 saturated heterocycles. The van der Waals surface area contributed by atoms with Gasteiger partial charge in [-0.2, -0.15) is 5.26 Å². The van der Waals surface area contributed by atoms with E-state index in [-0.39, 0.29) is 28.8 Å². The molecule has 7 nitrogen and oxygen atoms in total. The molecular weight excluding hydrogens is 366 g/mol. The molecule has 134 valence electrons. The molecule has 0 radical (unpaired) electrons. The number of rotatable bonds is 5. The normalized spacial score (nSPS) is 24.4. The molecule has 2 fully saturated rings. The first-order chi connectivity index (χ1) is 11.8. The highest BCUT2D eigenvalue weighted by Gasteiger charge is 2.47. The van der Waals surface area contributed by atoms with Crippen LogP contribution >= 0.6 is 11.6 Å². The number of halogens is 1. The minimum Gasteiger partial charge on any atom is -0.497 e. The zero-order chi connectivity index (χ0) is 18.2. The molecule has 1 aliphatic heterocycles. The predicted molar refractivity (Wildman–Crippen MR) is 91.1 cm³/mol.